The van der Waals surface area contributed by atoms with E-state index < -0.39 is 0 Å². The van der Waals surface area contributed by atoms with Gasteiger partial charge in [-0.25, -0.2) is 4.98 Å². The zero-order chi connectivity index (χ0) is 12.3. The first kappa shape index (κ1) is 13.2. The van der Waals surface area contributed by atoms with Crippen molar-refractivity contribution in [3.05, 3.63) is 24.3 Å². The molecule has 0 aliphatic heterocycles. The SMILES string of the molecule is Sc1nc2ccccc2s1.Sc1nnc(S)s1. The Balaban J connectivity index is 0.000000136. The lowest BCUT2D eigenvalue weighted by molar-refractivity contribution is 0.960. The van der Waals surface area contributed by atoms with Crippen molar-refractivity contribution in [2.24, 2.45) is 0 Å². The van der Waals surface area contributed by atoms with Crippen molar-refractivity contribution >= 4 is 70.8 Å². The first-order chi connectivity index (χ1) is 8.15. The second-order valence-corrected chi connectivity index (χ2v) is 7.02. The summed E-state index contributed by atoms with van der Waals surface area (Å²) in [7, 11) is 0. The fraction of sp³-hybridized carbons (Fsp3) is 0. The molecule has 0 aliphatic rings. The molecule has 0 saturated heterocycles. The van der Waals surface area contributed by atoms with Crippen LogP contribution in [0.25, 0.3) is 10.2 Å². The number of para-hydroxylation sites is 1. The standard InChI is InChI=1S/C7H5NS2.C2H2N2S3/c9-7-8-5-3-1-2-4-6(5)10-7;5-1-3-4-2(6)7-1/h1-4H,(H,8,9);(H,3,5)(H,4,6). The van der Waals surface area contributed by atoms with E-state index in [4.69, 9.17) is 0 Å². The van der Waals surface area contributed by atoms with Crippen LogP contribution in [0.4, 0.5) is 0 Å². The van der Waals surface area contributed by atoms with Gasteiger partial charge in [0.25, 0.3) is 0 Å². The van der Waals surface area contributed by atoms with E-state index in [1.807, 2.05) is 24.3 Å². The number of hydrogen-bond acceptors (Lipinski definition) is 8. The predicted molar refractivity (Wildman–Crippen MR) is 81.3 cm³/mol. The number of aromatic nitrogens is 3. The van der Waals surface area contributed by atoms with Crippen LogP contribution in [0.1, 0.15) is 0 Å². The van der Waals surface area contributed by atoms with Crippen LogP contribution in [0.2, 0.25) is 0 Å². The summed E-state index contributed by atoms with van der Waals surface area (Å²) < 4.78 is 3.35. The fourth-order valence-corrected chi connectivity index (χ4v) is 3.33. The molecule has 0 bridgehead atoms. The Kier molecular flexibility index (Phi) is 4.69. The molecule has 0 aliphatic carbocycles. The predicted octanol–water partition coefficient (Wildman–Crippen LogP) is 3.70. The van der Waals surface area contributed by atoms with E-state index >= 15 is 0 Å². The Morgan fingerprint density at radius 1 is 0.824 bits per heavy atom. The van der Waals surface area contributed by atoms with Crippen LogP contribution in [0.15, 0.2) is 37.3 Å². The first-order valence-corrected chi connectivity index (χ1v) is 7.38. The van der Waals surface area contributed by atoms with Gasteiger partial charge in [-0.2, -0.15) is 0 Å². The zero-order valence-corrected chi connectivity index (χ0v) is 12.6. The Bertz CT molecular complexity index is 568. The molecule has 1 aromatic carbocycles. The van der Waals surface area contributed by atoms with Crippen molar-refractivity contribution in [2.75, 3.05) is 0 Å². The highest BCUT2D eigenvalue weighted by Gasteiger charge is 1.96. The van der Waals surface area contributed by atoms with Gasteiger partial charge >= 0.3 is 0 Å². The molecule has 88 valence electrons. The van der Waals surface area contributed by atoms with E-state index in [-0.39, 0.29) is 0 Å². The Labute approximate surface area is 123 Å². The van der Waals surface area contributed by atoms with Gasteiger partial charge in [-0.3, -0.25) is 0 Å². The molecule has 2 heterocycles. The summed E-state index contributed by atoms with van der Waals surface area (Å²) in [5, 5.41) is 7.15. The van der Waals surface area contributed by atoms with Gasteiger partial charge in [-0.05, 0) is 12.1 Å². The van der Waals surface area contributed by atoms with Gasteiger partial charge in [0.05, 0.1) is 10.2 Å². The highest BCUT2D eigenvalue weighted by molar-refractivity contribution is 7.85. The van der Waals surface area contributed by atoms with E-state index in [1.165, 1.54) is 16.0 Å². The molecule has 3 rings (SSSR count). The molecule has 0 fully saturated rings. The van der Waals surface area contributed by atoms with Crippen molar-refractivity contribution in [3.8, 4) is 0 Å². The summed E-state index contributed by atoms with van der Waals surface area (Å²) in [6, 6.07) is 8.03. The summed E-state index contributed by atoms with van der Waals surface area (Å²) >= 11 is 14.9. The number of hydrogen-bond donors (Lipinski definition) is 3. The smallest absolute Gasteiger partial charge is 0.172 e. The molecule has 2 aromatic heterocycles. The van der Waals surface area contributed by atoms with E-state index in [1.54, 1.807) is 11.3 Å². The summed E-state index contributed by atoms with van der Waals surface area (Å²) in [4.78, 5) is 4.20. The fourth-order valence-electron chi connectivity index (χ4n) is 1.07. The normalized spacial score (nSPS) is 10.1. The van der Waals surface area contributed by atoms with Gasteiger partial charge in [0.1, 0.15) is 4.34 Å². The van der Waals surface area contributed by atoms with Crippen LogP contribution in [-0.4, -0.2) is 15.2 Å². The number of thiol groups is 3. The van der Waals surface area contributed by atoms with E-state index in [2.05, 4.69) is 53.1 Å². The summed E-state index contributed by atoms with van der Waals surface area (Å²) in [5.74, 6) is 0. The van der Waals surface area contributed by atoms with Crippen LogP contribution >= 0.6 is 60.6 Å². The lowest BCUT2D eigenvalue weighted by Gasteiger charge is -1.80. The van der Waals surface area contributed by atoms with Gasteiger partial charge in [0.2, 0.25) is 0 Å². The zero-order valence-electron chi connectivity index (χ0n) is 8.31. The minimum atomic E-state index is 0.657. The summed E-state index contributed by atoms with van der Waals surface area (Å²) in [5.41, 5.74) is 1.04. The van der Waals surface area contributed by atoms with E-state index in [9.17, 15) is 0 Å². The second kappa shape index (κ2) is 6.05. The average molecular weight is 318 g/mol. The topological polar surface area (TPSA) is 38.7 Å². The van der Waals surface area contributed by atoms with Gasteiger partial charge < -0.3 is 0 Å². The average Bonchev–Trinajstić information content (AvgIpc) is 2.83. The van der Waals surface area contributed by atoms with Gasteiger partial charge in [0.15, 0.2) is 8.68 Å². The maximum atomic E-state index is 4.20. The van der Waals surface area contributed by atoms with Crippen molar-refractivity contribution in [2.45, 2.75) is 13.0 Å². The first-order valence-electron chi connectivity index (χ1n) is 4.41. The molecule has 0 radical (unpaired) electrons. The molecule has 17 heavy (non-hydrogen) atoms. The molecule has 8 heteroatoms. The largest absolute Gasteiger partial charge is 0.230 e. The van der Waals surface area contributed by atoms with Gasteiger partial charge in [-0.1, -0.05) is 23.5 Å². The molecular weight excluding hydrogens is 310 g/mol. The third kappa shape index (κ3) is 3.85. The number of nitrogens with zero attached hydrogens (tertiary/aromatic N) is 3. The second-order valence-electron chi connectivity index (χ2n) is 2.83. The van der Waals surface area contributed by atoms with Crippen LogP contribution in [0, 0.1) is 0 Å². The summed E-state index contributed by atoms with van der Waals surface area (Å²) in [6.45, 7) is 0. The number of fused-ring (bicyclic) bond motifs is 1. The third-order valence-corrected chi connectivity index (χ3v) is 4.15. The number of thiazole rings is 1. The monoisotopic (exact) mass is 317 g/mol. The lowest BCUT2D eigenvalue weighted by atomic mass is 10.3. The van der Waals surface area contributed by atoms with E-state index in [0.29, 0.717) is 8.68 Å². The van der Waals surface area contributed by atoms with Crippen molar-refractivity contribution < 1.29 is 0 Å². The third-order valence-electron chi connectivity index (χ3n) is 1.69. The van der Waals surface area contributed by atoms with Crippen LogP contribution in [0.5, 0.6) is 0 Å². The molecule has 0 unspecified atom stereocenters. The molecule has 0 spiro atoms. The van der Waals surface area contributed by atoms with Crippen molar-refractivity contribution in [3.63, 3.8) is 0 Å². The van der Waals surface area contributed by atoms with E-state index in [0.717, 1.165) is 9.86 Å². The van der Waals surface area contributed by atoms with Crippen LogP contribution < -0.4 is 0 Å². The van der Waals surface area contributed by atoms with Crippen LogP contribution in [-0.2, 0) is 0 Å². The quantitative estimate of drug-likeness (QED) is 0.554. The number of rotatable bonds is 0. The Hall–Kier alpha value is -0.280. The van der Waals surface area contributed by atoms with Gasteiger partial charge in [-0.15, -0.1) is 59.4 Å². The molecular formula is C9H7N3S5. The Morgan fingerprint density at radius 2 is 1.47 bits per heavy atom. The van der Waals surface area contributed by atoms with Gasteiger partial charge in [0, 0.05) is 0 Å². The minimum Gasteiger partial charge on any atom is -0.230 e. The highest BCUT2D eigenvalue weighted by atomic mass is 32.2. The molecule has 0 saturated carbocycles. The number of benzene rings is 1. The molecule has 3 aromatic rings. The van der Waals surface area contributed by atoms with Crippen molar-refractivity contribution in [1.29, 1.82) is 0 Å². The summed E-state index contributed by atoms with van der Waals surface area (Å²) in [6.07, 6.45) is 0. The molecule has 0 amide bonds. The highest BCUT2D eigenvalue weighted by Crippen LogP contribution is 2.23. The maximum absolute atomic E-state index is 4.20. The molecule has 3 nitrogen and oxygen atoms in total. The maximum Gasteiger partial charge on any atom is 0.172 e. The lowest BCUT2D eigenvalue weighted by Crippen LogP contribution is -1.63. The molecule has 0 N–H and O–H groups in total. The van der Waals surface area contributed by atoms with Crippen molar-refractivity contribution in [1.82, 2.24) is 15.2 Å². The Morgan fingerprint density at radius 3 is 2.00 bits per heavy atom. The minimum absolute atomic E-state index is 0.657. The van der Waals surface area contributed by atoms with Crippen LogP contribution in [0.3, 0.4) is 0 Å². The molecule has 0 atom stereocenters.